The molecule has 26 heavy (non-hydrogen) atoms. The zero-order valence-electron chi connectivity index (χ0n) is 13.3. The van der Waals surface area contributed by atoms with Gasteiger partial charge in [0.05, 0.1) is 11.8 Å². The molecule has 2 aromatic carbocycles. The summed E-state index contributed by atoms with van der Waals surface area (Å²) in [6.07, 6.45) is 1.31. The van der Waals surface area contributed by atoms with Gasteiger partial charge in [0, 0.05) is 11.1 Å². The number of nitrogens with one attached hydrogen (secondary N) is 1. The summed E-state index contributed by atoms with van der Waals surface area (Å²) in [6.45, 7) is 0. The summed E-state index contributed by atoms with van der Waals surface area (Å²) in [4.78, 5) is 22.9. The van der Waals surface area contributed by atoms with E-state index in [1.165, 1.54) is 42.6 Å². The number of hydrogen-bond acceptors (Lipinski definition) is 4. The van der Waals surface area contributed by atoms with Gasteiger partial charge in [-0.05, 0) is 48.5 Å². The fourth-order valence-electron chi connectivity index (χ4n) is 2.20. The summed E-state index contributed by atoms with van der Waals surface area (Å²) in [5, 5.41) is 12.8. The van der Waals surface area contributed by atoms with Gasteiger partial charge < -0.3 is 9.52 Å². The van der Waals surface area contributed by atoms with Crippen LogP contribution in [0.15, 0.2) is 70.2 Å². The average molecular weight is 352 g/mol. The van der Waals surface area contributed by atoms with Crippen molar-refractivity contribution in [3.05, 3.63) is 83.4 Å². The summed E-state index contributed by atoms with van der Waals surface area (Å²) in [6, 6.07) is 14.7. The Labute approximate surface area is 147 Å². The molecule has 7 heteroatoms. The number of furan rings is 1. The number of carbonyl (C=O) groups is 2. The van der Waals surface area contributed by atoms with Gasteiger partial charge >= 0.3 is 5.97 Å². The molecular weight excluding hydrogens is 339 g/mol. The quantitative estimate of drug-likeness (QED) is 0.543. The van der Waals surface area contributed by atoms with Crippen LogP contribution in [-0.2, 0) is 0 Å². The zero-order valence-corrected chi connectivity index (χ0v) is 13.3. The Balaban J connectivity index is 1.67. The van der Waals surface area contributed by atoms with Gasteiger partial charge in [-0.25, -0.2) is 14.6 Å². The van der Waals surface area contributed by atoms with Crippen LogP contribution in [0.25, 0.3) is 11.3 Å². The Morgan fingerprint density at radius 2 is 1.81 bits per heavy atom. The molecule has 6 nitrogen and oxygen atoms in total. The fraction of sp³-hybridized carbons (Fsp3) is 0. The first-order valence-corrected chi connectivity index (χ1v) is 7.55. The number of aromatic carboxylic acids is 1. The molecule has 0 fully saturated rings. The van der Waals surface area contributed by atoms with Crippen molar-refractivity contribution in [2.45, 2.75) is 0 Å². The second-order valence-corrected chi connectivity index (χ2v) is 5.29. The number of hydrogen-bond donors (Lipinski definition) is 2. The van der Waals surface area contributed by atoms with E-state index in [2.05, 4.69) is 10.5 Å². The van der Waals surface area contributed by atoms with Gasteiger partial charge in [0.15, 0.2) is 0 Å². The molecule has 3 rings (SSSR count). The number of amides is 1. The van der Waals surface area contributed by atoms with E-state index in [1.54, 1.807) is 24.3 Å². The van der Waals surface area contributed by atoms with E-state index in [1.807, 2.05) is 0 Å². The first-order valence-electron chi connectivity index (χ1n) is 7.55. The van der Waals surface area contributed by atoms with Gasteiger partial charge in [0.25, 0.3) is 5.91 Å². The van der Waals surface area contributed by atoms with Crippen molar-refractivity contribution in [3.8, 4) is 11.3 Å². The maximum atomic E-state index is 12.8. The second kappa shape index (κ2) is 7.43. The molecule has 1 heterocycles. The molecule has 0 aliphatic heterocycles. The van der Waals surface area contributed by atoms with Crippen LogP contribution in [0.5, 0.6) is 0 Å². The molecule has 0 atom stereocenters. The first kappa shape index (κ1) is 17.1. The van der Waals surface area contributed by atoms with Crippen LogP contribution < -0.4 is 5.43 Å². The van der Waals surface area contributed by atoms with Crippen molar-refractivity contribution in [1.29, 1.82) is 0 Å². The lowest BCUT2D eigenvalue weighted by Crippen LogP contribution is -2.17. The lowest BCUT2D eigenvalue weighted by atomic mass is 10.1. The van der Waals surface area contributed by atoms with Crippen LogP contribution in [0.3, 0.4) is 0 Å². The molecular formula is C19H13FN2O4. The monoisotopic (exact) mass is 352 g/mol. The molecule has 0 spiro atoms. The zero-order chi connectivity index (χ0) is 18.5. The van der Waals surface area contributed by atoms with E-state index in [4.69, 9.17) is 9.52 Å². The number of carbonyl (C=O) groups excluding carboxylic acids is 1. The van der Waals surface area contributed by atoms with Crippen LogP contribution >= 0.6 is 0 Å². The van der Waals surface area contributed by atoms with Gasteiger partial charge in [0.1, 0.15) is 17.3 Å². The van der Waals surface area contributed by atoms with E-state index < -0.39 is 17.7 Å². The lowest BCUT2D eigenvalue weighted by molar-refractivity contribution is 0.0696. The minimum Gasteiger partial charge on any atom is -0.478 e. The predicted octanol–water partition coefficient (Wildman–Crippen LogP) is 3.55. The largest absolute Gasteiger partial charge is 0.478 e. The molecule has 0 aliphatic rings. The molecule has 0 unspecified atom stereocenters. The van der Waals surface area contributed by atoms with Gasteiger partial charge in [-0.15, -0.1) is 0 Å². The summed E-state index contributed by atoms with van der Waals surface area (Å²) in [7, 11) is 0. The number of carboxylic acid groups (broad SMARTS) is 1. The van der Waals surface area contributed by atoms with E-state index in [0.29, 0.717) is 17.1 Å². The van der Waals surface area contributed by atoms with Crippen molar-refractivity contribution >= 4 is 18.1 Å². The third-order valence-corrected chi connectivity index (χ3v) is 3.49. The fourth-order valence-corrected chi connectivity index (χ4v) is 2.20. The normalized spacial score (nSPS) is 10.8. The van der Waals surface area contributed by atoms with Crippen molar-refractivity contribution in [2.75, 3.05) is 0 Å². The highest BCUT2D eigenvalue weighted by Gasteiger charge is 2.08. The lowest BCUT2D eigenvalue weighted by Gasteiger charge is -1.99. The Morgan fingerprint density at radius 3 is 2.54 bits per heavy atom. The molecule has 2 N–H and O–H groups in total. The Kier molecular flexibility index (Phi) is 4.89. The second-order valence-electron chi connectivity index (χ2n) is 5.29. The summed E-state index contributed by atoms with van der Waals surface area (Å²) < 4.78 is 18.4. The number of halogens is 1. The van der Waals surface area contributed by atoms with Crippen LogP contribution in [0.4, 0.5) is 4.39 Å². The highest BCUT2D eigenvalue weighted by Crippen LogP contribution is 2.22. The van der Waals surface area contributed by atoms with Crippen molar-refractivity contribution in [3.63, 3.8) is 0 Å². The van der Waals surface area contributed by atoms with Gasteiger partial charge in [0.2, 0.25) is 0 Å². The van der Waals surface area contributed by atoms with Gasteiger partial charge in [-0.1, -0.05) is 12.1 Å². The van der Waals surface area contributed by atoms with Crippen LogP contribution in [0.1, 0.15) is 26.5 Å². The topological polar surface area (TPSA) is 91.9 Å². The molecule has 0 bridgehead atoms. The minimum atomic E-state index is -1.02. The SMILES string of the molecule is O=C(O)c1cccc(-c2ccc(C=NNC(=O)c3ccc(F)cc3)o2)c1. The molecule has 0 saturated carbocycles. The third kappa shape index (κ3) is 4.02. The Morgan fingerprint density at radius 1 is 1.04 bits per heavy atom. The minimum absolute atomic E-state index is 0.153. The van der Waals surface area contributed by atoms with Crippen molar-refractivity contribution in [1.82, 2.24) is 5.43 Å². The maximum Gasteiger partial charge on any atom is 0.335 e. The van der Waals surface area contributed by atoms with Gasteiger partial charge in [-0.3, -0.25) is 4.79 Å². The van der Waals surface area contributed by atoms with Crippen LogP contribution in [0, 0.1) is 5.82 Å². The first-order chi connectivity index (χ1) is 12.5. The summed E-state index contributed by atoms with van der Waals surface area (Å²) in [5.41, 5.74) is 3.35. The smallest absolute Gasteiger partial charge is 0.335 e. The summed E-state index contributed by atoms with van der Waals surface area (Å²) in [5.74, 6) is -1.09. The predicted molar refractivity (Wildman–Crippen MR) is 92.6 cm³/mol. The van der Waals surface area contributed by atoms with E-state index in [9.17, 15) is 14.0 Å². The maximum absolute atomic E-state index is 12.8. The van der Waals surface area contributed by atoms with Crippen LogP contribution in [-0.4, -0.2) is 23.2 Å². The number of nitrogens with zero attached hydrogens (tertiary/aromatic N) is 1. The third-order valence-electron chi connectivity index (χ3n) is 3.49. The molecule has 0 radical (unpaired) electrons. The number of hydrazone groups is 1. The van der Waals surface area contributed by atoms with Crippen molar-refractivity contribution < 1.29 is 23.5 Å². The molecule has 0 saturated heterocycles. The van der Waals surface area contributed by atoms with E-state index in [-0.39, 0.29) is 11.1 Å². The van der Waals surface area contributed by atoms with E-state index in [0.717, 1.165) is 0 Å². The Bertz CT molecular complexity index is 977. The molecule has 1 aromatic heterocycles. The molecule has 130 valence electrons. The number of rotatable bonds is 5. The molecule has 3 aromatic rings. The molecule has 1 amide bonds. The standard InChI is InChI=1S/C19H13FN2O4/c20-15-6-4-12(5-7-15)18(23)22-21-11-16-8-9-17(26-16)13-2-1-3-14(10-13)19(24)25/h1-11H,(H,22,23)(H,24,25). The average Bonchev–Trinajstić information content (AvgIpc) is 3.11. The van der Waals surface area contributed by atoms with Crippen LogP contribution in [0.2, 0.25) is 0 Å². The number of benzene rings is 2. The highest BCUT2D eigenvalue weighted by molar-refractivity contribution is 5.94. The van der Waals surface area contributed by atoms with E-state index >= 15 is 0 Å². The van der Waals surface area contributed by atoms with Gasteiger partial charge in [-0.2, -0.15) is 5.10 Å². The summed E-state index contributed by atoms with van der Waals surface area (Å²) >= 11 is 0. The number of carboxylic acids is 1. The van der Waals surface area contributed by atoms with Crippen molar-refractivity contribution in [2.24, 2.45) is 5.10 Å². The molecule has 0 aliphatic carbocycles. The Hall–Kier alpha value is -3.74. The highest BCUT2D eigenvalue weighted by atomic mass is 19.1.